The van der Waals surface area contributed by atoms with E-state index >= 15 is 0 Å². The minimum absolute atomic E-state index is 0.0994. The van der Waals surface area contributed by atoms with E-state index in [0.717, 1.165) is 19.3 Å². The van der Waals surface area contributed by atoms with Crippen molar-refractivity contribution in [3.8, 4) is 0 Å². The molecule has 0 saturated heterocycles. The number of carbonyl (C=O) groups is 1. The van der Waals surface area contributed by atoms with Crippen LogP contribution in [0.5, 0.6) is 0 Å². The lowest BCUT2D eigenvalue weighted by Crippen LogP contribution is -2.11. The molecule has 18 heavy (non-hydrogen) atoms. The van der Waals surface area contributed by atoms with Gasteiger partial charge in [0.15, 0.2) is 0 Å². The standard InChI is InChI=1S/C14H11BrINO/c1-9-5-6-10(7-13(9)15)14(18)17-12-4-2-3-11(16)8-12/h2-8H,1H3,(H,17,18). The third-order valence-electron chi connectivity index (χ3n) is 2.52. The molecule has 92 valence electrons. The van der Waals surface area contributed by atoms with Crippen molar-refractivity contribution in [1.82, 2.24) is 0 Å². The molecule has 2 nitrogen and oxygen atoms in total. The van der Waals surface area contributed by atoms with E-state index in [0.29, 0.717) is 5.56 Å². The molecule has 1 amide bonds. The molecule has 0 heterocycles. The predicted octanol–water partition coefficient (Wildman–Crippen LogP) is 4.61. The fourth-order valence-corrected chi connectivity index (χ4v) is 2.43. The van der Waals surface area contributed by atoms with Gasteiger partial charge in [0.1, 0.15) is 0 Å². The SMILES string of the molecule is Cc1ccc(C(=O)Nc2cccc(I)c2)cc1Br. The Kier molecular flexibility index (Phi) is 4.40. The van der Waals surface area contributed by atoms with Crippen molar-refractivity contribution in [3.05, 3.63) is 61.6 Å². The first kappa shape index (κ1) is 13.5. The lowest BCUT2D eigenvalue weighted by molar-refractivity contribution is 0.102. The molecule has 2 aromatic rings. The number of anilines is 1. The second-order valence-electron chi connectivity index (χ2n) is 3.93. The monoisotopic (exact) mass is 415 g/mol. The van der Waals surface area contributed by atoms with Crippen molar-refractivity contribution in [1.29, 1.82) is 0 Å². The molecule has 0 spiro atoms. The summed E-state index contributed by atoms with van der Waals surface area (Å²) in [5, 5.41) is 2.88. The second kappa shape index (κ2) is 5.84. The zero-order valence-electron chi connectivity index (χ0n) is 9.71. The summed E-state index contributed by atoms with van der Waals surface area (Å²) in [5.41, 5.74) is 2.57. The average Bonchev–Trinajstić information content (AvgIpc) is 2.32. The summed E-state index contributed by atoms with van der Waals surface area (Å²) in [6.45, 7) is 1.99. The molecule has 0 aromatic heterocycles. The van der Waals surface area contributed by atoms with E-state index in [1.807, 2.05) is 49.4 Å². The predicted molar refractivity (Wildman–Crippen MR) is 86.0 cm³/mol. The van der Waals surface area contributed by atoms with E-state index in [4.69, 9.17) is 0 Å². The Bertz CT molecular complexity index is 598. The van der Waals surface area contributed by atoms with Gasteiger partial charge in [0.05, 0.1) is 0 Å². The lowest BCUT2D eigenvalue weighted by atomic mass is 10.1. The Balaban J connectivity index is 2.19. The smallest absolute Gasteiger partial charge is 0.255 e. The van der Waals surface area contributed by atoms with Gasteiger partial charge in [-0.15, -0.1) is 0 Å². The normalized spacial score (nSPS) is 10.2. The zero-order chi connectivity index (χ0) is 13.1. The van der Waals surface area contributed by atoms with Gasteiger partial charge in [0, 0.05) is 19.3 Å². The summed E-state index contributed by atoms with van der Waals surface area (Å²) in [6.07, 6.45) is 0. The first-order valence-corrected chi connectivity index (χ1v) is 7.26. The first-order valence-electron chi connectivity index (χ1n) is 5.39. The minimum atomic E-state index is -0.0994. The maximum Gasteiger partial charge on any atom is 0.255 e. The third kappa shape index (κ3) is 3.32. The highest BCUT2D eigenvalue weighted by molar-refractivity contribution is 14.1. The van der Waals surface area contributed by atoms with Gasteiger partial charge in [-0.1, -0.05) is 28.1 Å². The van der Waals surface area contributed by atoms with Crippen LogP contribution in [0, 0.1) is 10.5 Å². The fraction of sp³-hybridized carbons (Fsp3) is 0.0714. The van der Waals surface area contributed by atoms with Gasteiger partial charge in [-0.05, 0) is 65.4 Å². The van der Waals surface area contributed by atoms with Gasteiger partial charge in [0.25, 0.3) is 5.91 Å². The van der Waals surface area contributed by atoms with Crippen LogP contribution in [0.4, 0.5) is 5.69 Å². The number of hydrogen-bond donors (Lipinski definition) is 1. The van der Waals surface area contributed by atoms with Crippen LogP contribution >= 0.6 is 38.5 Å². The molecule has 0 aliphatic carbocycles. The zero-order valence-corrected chi connectivity index (χ0v) is 13.4. The lowest BCUT2D eigenvalue weighted by Gasteiger charge is -2.07. The topological polar surface area (TPSA) is 29.1 Å². The van der Waals surface area contributed by atoms with Crippen LogP contribution in [0.3, 0.4) is 0 Å². The highest BCUT2D eigenvalue weighted by Gasteiger charge is 2.07. The Morgan fingerprint density at radius 3 is 2.67 bits per heavy atom. The van der Waals surface area contributed by atoms with E-state index in [9.17, 15) is 4.79 Å². The largest absolute Gasteiger partial charge is 0.322 e. The molecule has 0 bridgehead atoms. The van der Waals surface area contributed by atoms with Gasteiger partial charge in [0.2, 0.25) is 0 Å². The van der Waals surface area contributed by atoms with Gasteiger partial charge < -0.3 is 5.32 Å². The van der Waals surface area contributed by atoms with E-state index < -0.39 is 0 Å². The number of benzene rings is 2. The number of carbonyl (C=O) groups excluding carboxylic acids is 1. The number of hydrogen-bond acceptors (Lipinski definition) is 1. The summed E-state index contributed by atoms with van der Waals surface area (Å²) in [6, 6.07) is 13.3. The van der Waals surface area contributed by atoms with Gasteiger partial charge in [-0.25, -0.2) is 0 Å². The molecule has 4 heteroatoms. The average molecular weight is 416 g/mol. The Labute approximate surface area is 128 Å². The maximum absolute atomic E-state index is 12.1. The van der Waals surface area contributed by atoms with Crippen molar-refractivity contribution in [2.24, 2.45) is 0 Å². The molecule has 0 unspecified atom stereocenters. The number of amides is 1. The summed E-state index contributed by atoms with van der Waals surface area (Å²) in [5.74, 6) is -0.0994. The number of halogens is 2. The molecule has 0 fully saturated rings. The van der Waals surface area contributed by atoms with Crippen molar-refractivity contribution in [2.45, 2.75) is 6.92 Å². The first-order chi connectivity index (χ1) is 8.56. The van der Waals surface area contributed by atoms with Crippen LogP contribution in [-0.4, -0.2) is 5.91 Å². The van der Waals surface area contributed by atoms with Gasteiger partial charge >= 0.3 is 0 Å². The van der Waals surface area contributed by atoms with Crippen molar-refractivity contribution in [3.63, 3.8) is 0 Å². The molecule has 2 rings (SSSR count). The summed E-state index contributed by atoms with van der Waals surface area (Å²) >= 11 is 5.65. The Hall–Kier alpha value is -0.880. The second-order valence-corrected chi connectivity index (χ2v) is 6.03. The summed E-state index contributed by atoms with van der Waals surface area (Å²) in [7, 11) is 0. The van der Waals surface area contributed by atoms with Crippen LogP contribution in [-0.2, 0) is 0 Å². The molecule has 1 N–H and O–H groups in total. The molecule has 0 aliphatic rings. The van der Waals surface area contributed by atoms with E-state index in [1.165, 1.54) is 0 Å². The number of nitrogens with one attached hydrogen (secondary N) is 1. The molecule has 0 saturated carbocycles. The number of aryl methyl sites for hydroxylation is 1. The summed E-state index contributed by atoms with van der Waals surface area (Å²) in [4.78, 5) is 12.1. The van der Waals surface area contributed by atoms with Crippen LogP contribution in [0.2, 0.25) is 0 Å². The molecule has 0 radical (unpaired) electrons. The quantitative estimate of drug-likeness (QED) is 0.712. The molecular formula is C14H11BrINO. The Morgan fingerprint density at radius 1 is 1.22 bits per heavy atom. The van der Waals surface area contributed by atoms with E-state index in [2.05, 4.69) is 43.8 Å². The summed E-state index contributed by atoms with van der Waals surface area (Å²) < 4.78 is 2.04. The van der Waals surface area contributed by atoms with Gasteiger partial charge in [-0.2, -0.15) is 0 Å². The molecule has 2 aromatic carbocycles. The Morgan fingerprint density at radius 2 is 2.00 bits per heavy atom. The van der Waals surface area contributed by atoms with Crippen LogP contribution in [0.25, 0.3) is 0 Å². The van der Waals surface area contributed by atoms with E-state index in [1.54, 1.807) is 0 Å². The fourth-order valence-electron chi connectivity index (χ4n) is 1.50. The molecule has 0 aliphatic heterocycles. The highest BCUT2D eigenvalue weighted by Crippen LogP contribution is 2.19. The van der Waals surface area contributed by atoms with Crippen LogP contribution in [0.1, 0.15) is 15.9 Å². The van der Waals surface area contributed by atoms with Crippen LogP contribution in [0.15, 0.2) is 46.9 Å². The number of rotatable bonds is 2. The van der Waals surface area contributed by atoms with Gasteiger partial charge in [-0.3, -0.25) is 4.79 Å². The minimum Gasteiger partial charge on any atom is -0.322 e. The third-order valence-corrected chi connectivity index (χ3v) is 4.04. The highest BCUT2D eigenvalue weighted by atomic mass is 127. The molecule has 0 atom stereocenters. The van der Waals surface area contributed by atoms with Crippen molar-refractivity contribution < 1.29 is 4.79 Å². The maximum atomic E-state index is 12.1. The van der Waals surface area contributed by atoms with Crippen molar-refractivity contribution in [2.75, 3.05) is 5.32 Å². The molecular weight excluding hydrogens is 405 g/mol. The van der Waals surface area contributed by atoms with Crippen LogP contribution < -0.4 is 5.32 Å². The van der Waals surface area contributed by atoms with Crippen molar-refractivity contribution >= 4 is 50.1 Å². The van der Waals surface area contributed by atoms with E-state index in [-0.39, 0.29) is 5.91 Å².